The Morgan fingerprint density at radius 1 is 1.17 bits per heavy atom. The minimum atomic E-state index is 0.137. The summed E-state index contributed by atoms with van der Waals surface area (Å²) in [6.07, 6.45) is 4.25. The lowest BCUT2D eigenvalue weighted by molar-refractivity contribution is -0.132. The summed E-state index contributed by atoms with van der Waals surface area (Å²) in [5.41, 5.74) is 3.25. The monoisotopic (exact) mass is 409 g/mol. The maximum absolute atomic E-state index is 12.7. The molecule has 1 saturated heterocycles. The molecule has 0 spiro atoms. The van der Waals surface area contributed by atoms with Crippen molar-refractivity contribution in [1.29, 1.82) is 0 Å². The third-order valence-corrected chi connectivity index (χ3v) is 5.59. The van der Waals surface area contributed by atoms with Crippen molar-refractivity contribution in [3.05, 3.63) is 71.5 Å². The van der Waals surface area contributed by atoms with Gasteiger partial charge in [-0.1, -0.05) is 41.9 Å². The molecule has 6 heteroatoms. The van der Waals surface area contributed by atoms with Gasteiger partial charge in [0.2, 0.25) is 5.91 Å². The lowest BCUT2D eigenvalue weighted by atomic mass is 9.90. The molecule has 29 heavy (non-hydrogen) atoms. The van der Waals surface area contributed by atoms with Gasteiger partial charge in [-0.2, -0.15) is 5.10 Å². The van der Waals surface area contributed by atoms with Gasteiger partial charge in [0.05, 0.1) is 19.2 Å². The van der Waals surface area contributed by atoms with Crippen LogP contribution in [0.15, 0.2) is 60.8 Å². The largest absolute Gasteiger partial charge is 0.493 e. The molecule has 5 nitrogen and oxygen atoms in total. The van der Waals surface area contributed by atoms with Crippen LogP contribution in [0.3, 0.4) is 0 Å². The fourth-order valence-electron chi connectivity index (χ4n) is 3.84. The molecule has 150 valence electrons. The van der Waals surface area contributed by atoms with Gasteiger partial charge in [0, 0.05) is 35.3 Å². The summed E-state index contributed by atoms with van der Waals surface area (Å²) in [4.78, 5) is 14.7. The third kappa shape index (κ3) is 4.80. The average molecular weight is 410 g/mol. The number of halogens is 1. The second-order valence-electron chi connectivity index (χ2n) is 7.29. The minimum absolute atomic E-state index is 0.137. The molecule has 0 aliphatic carbocycles. The Hall–Kier alpha value is -2.79. The van der Waals surface area contributed by atoms with E-state index < -0.39 is 0 Å². The van der Waals surface area contributed by atoms with Crippen LogP contribution >= 0.6 is 11.6 Å². The highest BCUT2D eigenvalue weighted by atomic mass is 35.5. The lowest BCUT2D eigenvalue weighted by Crippen LogP contribution is -2.39. The minimum Gasteiger partial charge on any atom is -0.493 e. The Bertz CT molecular complexity index is 940. The summed E-state index contributed by atoms with van der Waals surface area (Å²) in [6, 6.07) is 17.4. The predicted molar refractivity (Wildman–Crippen MR) is 114 cm³/mol. The SMILES string of the molecule is O=C(CCOc1ccccc1)N1CCCC(c2[nH]ncc2-c2ccc(Cl)cc2)C1. The molecule has 1 fully saturated rings. The first-order valence-electron chi connectivity index (χ1n) is 9.95. The van der Waals surface area contributed by atoms with E-state index in [-0.39, 0.29) is 11.8 Å². The van der Waals surface area contributed by atoms with Gasteiger partial charge in [-0.25, -0.2) is 0 Å². The number of hydrogen-bond donors (Lipinski definition) is 1. The van der Waals surface area contributed by atoms with Crippen LogP contribution in [0.1, 0.15) is 30.9 Å². The van der Waals surface area contributed by atoms with Crippen molar-refractivity contribution < 1.29 is 9.53 Å². The van der Waals surface area contributed by atoms with Crippen LogP contribution in [0.2, 0.25) is 5.02 Å². The molecule has 1 unspecified atom stereocenters. The number of benzene rings is 2. The van der Waals surface area contributed by atoms with Crippen LogP contribution in [-0.2, 0) is 4.79 Å². The van der Waals surface area contributed by atoms with E-state index in [1.165, 1.54) is 0 Å². The Morgan fingerprint density at radius 3 is 2.76 bits per heavy atom. The van der Waals surface area contributed by atoms with E-state index in [0.29, 0.717) is 24.6 Å². The van der Waals surface area contributed by atoms with Crippen molar-refractivity contribution in [3.8, 4) is 16.9 Å². The second-order valence-corrected chi connectivity index (χ2v) is 7.73. The zero-order valence-corrected chi connectivity index (χ0v) is 16.9. The Labute approximate surface area is 175 Å². The molecule has 2 aromatic carbocycles. The van der Waals surface area contributed by atoms with E-state index in [1.54, 1.807) is 0 Å². The molecular formula is C23H24ClN3O2. The highest BCUT2D eigenvalue weighted by Crippen LogP contribution is 2.33. The zero-order valence-electron chi connectivity index (χ0n) is 16.2. The van der Waals surface area contributed by atoms with Gasteiger partial charge in [-0.05, 0) is 42.7 Å². The number of nitrogens with one attached hydrogen (secondary N) is 1. The summed E-state index contributed by atoms with van der Waals surface area (Å²) in [5, 5.41) is 8.15. The number of carbonyl (C=O) groups is 1. The summed E-state index contributed by atoms with van der Waals surface area (Å²) >= 11 is 6.02. The van der Waals surface area contributed by atoms with Gasteiger partial charge >= 0.3 is 0 Å². The number of H-pyrrole nitrogens is 1. The van der Waals surface area contributed by atoms with Crippen molar-refractivity contribution in [3.63, 3.8) is 0 Å². The molecule has 0 bridgehead atoms. The predicted octanol–water partition coefficient (Wildman–Crippen LogP) is 4.91. The number of aromatic nitrogens is 2. The maximum Gasteiger partial charge on any atom is 0.226 e. The molecule has 1 aromatic heterocycles. The van der Waals surface area contributed by atoms with E-state index in [9.17, 15) is 4.79 Å². The smallest absolute Gasteiger partial charge is 0.226 e. The van der Waals surface area contributed by atoms with Crippen LogP contribution in [0.5, 0.6) is 5.75 Å². The zero-order chi connectivity index (χ0) is 20.1. The van der Waals surface area contributed by atoms with Gasteiger partial charge < -0.3 is 9.64 Å². The first-order chi connectivity index (χ1) is 14.2. The first kappa shape index (κ1) is 19.5. The highest BCUT2D eigenvalue weighted by molar-refractivity contribution is 6.30. The maximum atomic E-state index is 12.7. The topological polar surface area (TPSA) is 58.2 Å². The number of para-hydroxylation sites is 1. The van der Waals surface area contributed by atoms with E-state index in [0.717, 1.165) is 42.0 Å². The van der Waals surface area contributed by atoms with Gasteiger partial charge in [-0.3, -0.25) is 9.89 Å². The molecule has 4 rings (SSSR count). The third-order valence-electron chi connectivity index (χ3n) is 5.33. The van der Waals surface area contributed by atoms with E-state index in [4.69, 9.17) is 16.3 Å². The molecule has 2 heterocycles. The average Bonchev–Trinajstić information content (AvgIpc) is 3.25. The Balaban J connectivity index is 1.38. The number of likely N-dealkylation sites (tertiary alicyclic amines) is 1. The van der Waals surface area contributed by atoms with E-state index in [2.05, 4.69) is 10.2 Å². The lowest BCUT2D eigenvalue weighted by Gasteiger charge is -2.33. The van der Waals surface area contributed by atoms with Gasteiger partial charge in [0.25, 0.3) is 0 Å². The number of rotatable bonds is 6. The standard InChI is InChI=1S/C23H24ClN3O2/c24-19-10-8-17(9-11-19)21-15-25-26-23(21)18-5-4-13-27(16-18)22(28)12-14-29-20-6-2-1-3-7-20/h1-3,6-11,15,18H,4-5,12-14,16H2,(H,25,26). The number of piperidine rings is 1. The van der Waals surface area contributed by atoms with Crippen molar-refractivity contribution in [2.45, 2.75) is 25.2 Å². The molecule has 1 atom stereocenters. The number of nitrogens with zero attached hydrogens (tertiary/aromatic N) is 2. The number of hydrogen-bond acceptors (Lipinski definition) is 3. The number of amides is 1. The van der Waals surface area contributed by atoms with Crippen molar-refractivity contribution in [2.75, 3.05) is 19.7 Å². The van der Waals surface area contributed by atoms with Crippen LogP contribution in [0.4, 0.5) is 0 Å². The molecule has 1 aliphatic heterocycles. The van der Waals surface area contributed by atoms with E-state index in [1.807, 2.05) is 65.7 Å². The summed E-state index contributed by atoms with van der Waals surface area (Å²) in [6.45, 7) is 1.89. The summed E-state index contributed by atoms with van der Waals surface area (Å²) < 4.78 is 5.68. The van der Waals surface area contributed by atoms with Crippen molar-refractivity contribution in [1.82, 2.24) is 15.1 Å². The van der Waals surface area contributed by atoms with Gasteiger partial charge in [0.1, 0.15) is 5.75 Å². The fourth-order valence-corrected chi connectivity index (χ4v) is 3.96. The Kier molecular flexibility index (Phi) is 6.15. The molecule has 1 aliphatic rings. The van der Waals surface area contributed by atoms with Crippen molar-refractivity contribution >= 4 is 17.5 Å². The van der Waals surface area contributed by atoms with Crippen LogP contribution in [-0.4, -0.2) is 40.7 Å². The Morgan fingerprint density at radius 2 is 1.97 bits per heavy atom. The number of ether oxygens (including phenoxy) is 1. The summed E-state index contributed by atoms with van der Waals surface area (Å²) in [7, 11) is 0. The molecule has 1 N–H and O–H groups in total. The van der Waals surface area contributed by atoms with Crippen LogP contribution < -0.4 is 4.74 Å². The molecule has 1 amide bonds. The normalized spacial score (nSPS) is 16.6. The summed E-state index contributed by atoms with van der Waals surface area (Å²) in [5.74, 6) is 1.18. The first-order valence-corrected chi connectivity index (χ1v) is 10.3. The van der Waals surface area contributed by atoms with E-state index >= 15 is 0 Å². The van der Waals surface area contributed by atoms with Crippen molar-refractivity contribution in [2.24, 2.45) is 0 Å². The van der Waals surface area contributed by atoms with Crippen LogP contribution in [0.25, 0.3) is 11.1 Å². The molecular weight excluding hydrogens is 386 g/mol. The highest BCUT2D eigenvalue weighted by Gasteiger charge is 2.27. The van der Waals surface area contributed by atoms with Crippen LogP contribution in [0, 0.1) is 0 Å². The van der Waals surface area contributed by atoms with Gasteiger partial charge in [0.15, 0.2) is 0 Å². The molecule has 3 aromatic rings. The second kappa shape index (κ2) is 9.14. The fraction of sp³-hybridized carbons (Fsp3) is 0.304. The quantitative estimate of drug-likeness (QED) is 0.629. The molecule has 0 saturated carbocycles. The number of carbonyl (C=O) groups excluding carboxylic acids is 1. The van der Waals surface area contributed by atoms with Gasteiger partial charge in [-0.15, -0.1) is 0 Å². The molecule has 0 radical (unpaired) electrons. The number of aromatic amines is 1.